The van der Waals surface area contributed by atoms with Gasteiger partial charge >= 0.3 is 5.97 Å². The summed E-state index contributed by atoms with van der Waals surface area (Å²) in [6.07, 6.45) is 1.16. The minimum Gasteiger partial charge on any atom is -0.480 e. The van der Waals surface area contributed by atoms with Gasteiger partial charge in [-0.1, -0.05) is 42.0 Å². The summed E-state index contributed by atoms with van der Waals surface area (Å²) in [5, 5.41) is 13.7. The SMILES string of the molecule is Cc1cccc(CCC(=O)Nc2ccc(CC(=O)NCC(=O)O)cc2)c1. The zero-order valence-electron chi connectivity index (χ0n) is 14.6. The molecular weight excluding hydrogens is 332 g/mol. The Kier molecular flexibility index (Phi) is 6.91. The molecule has 0 atom stereocenters. The number of hydrogen-bond acceptors (Lipinski definition) is 3. The first kappa shape index (κ1) is 19.2. The van der Waals surface area contributed by atoms with E-state index >= 15 is 0 Å². The number of carbonyl (C=O) groups excluding carboxylic acids is 2. The van der Waals surface area contributed by atoms with Crippen LogP contribution in [0.4, 0.5) is 5.69 Å². The maximum absolute atomic E-state index is 12.1. The van der Waals surface area contributed by atoms with Crippen molar-refractivity contribution < 1.29 is 19.5 Å². The fourth-order valence-electron chi connectivity index (χ4n) is 2.48. The maximum atomic E-state index is 12.1. The van der Waals surface area contributed by atoms with Gasteiger partial charge in [0.05, 0.1) is 6.42 Å². The predicted octanol–water partition coefficient (Wildman–Crippen LogP) is 2.31. The number of anilines is 1. The molecule has 0 bridgehead atoms. The lowest BCUT2D eigenvalue weighted by atomic mass is 10.1. The van der Waals surface area contributed by atoms with Crippen molar-refractivity contribution in [2.75, 3.05) is 11.9 Å². The number of carboxylic acid groups (broad SMARTS) is 1. The molecule has 2 amide bonds. The Morgan fingerprint density at radius 3 is 2.35 bits per heavy atom. The summed E-state index contributed by atoms with van der Waals surface area (Å²) in [5.41, 5.74) is 3.70. The number of rotatable bonds is 8. The van der Waals surface area contributed by atoms with Crippen LogP contribution in [0, 0.1) is 6.92 Å². The molecular formula is C20H22N2O4. The van der Waals surface area contributed by atoms with Crippen LogP contribution in [-0.4, -0.2) is 29.4 Å². The van der Waals surface area contributed by atoms with Gasteiger partial charge < -0.3 is 15.7 Å². The van der Waals surface area contributed by atoms with Crippen LogP contribution in [-0.2, 0) is 27.2 Å². The third-order valence-electron chi connectivity index (χ3n) is 3.76. The molecule has 6 nitrogen and oxygen atoms in total. The molecule has 2 aromatic rings. The highest BCUT2D eigenvalue weighted by Gasteiger charge is 2.07. The molecule has 0 saturated heterocycles. The summed E-state index contributed by atoms with van der Waals surface area (Å²) >= 11 is 0. The average Bonchev–Trinajstić information content (AvgIpc) is 2.60. The van der Waals surface area contributed by atoms with Crippen LogP contribution in [0.2, 0.25) is 0 Å². The number of amides is 2. The van der Waals surface area contributed by atoms with Crippen LogP contribution in [0.15, 0.2) is 48.5 Å². The molecule has 0 spiro atoms. The quantitative estimate of drug-likeness (QED) is 0.678. The van der Waals surface area contributed by atoms with E-state index in [0.29, 0.717) is 18.5 Å². The topological polar surface area (TPSA) is 95.5 Å². The predicted molar refractivity (Wildman–Crippen MR) is 98.9 cm³/mol. The van der Waals surface area contributed by atoms with E-state index in [2.05, 4.69) is 16.7 Å². The molecule has 2 rings (SSSR count). The van der Waals surface area contributed by atoms with Crippen molar-refractivity contribution in [2.45, 2.75) is 26.2 Å². The standard InChI is InChI=1S/C20H22N2O4/c1-14-3-2-4-15(11-14)7-10-18(23)22-17-8-5-16(6-9-17)12-19(24)21-13-20(25)26/h2-6,8-9,11H,7,10,12-13H2,1H3,(H,21,24)(H,22,23)(H,25,26). The van der Waals surface area contributed by atoms with E-state index in [0.717, 1.165) is 11.1 Å². The summed E-state index contributed by atoms with van der Waals surface area (Å²) in [4.78, 5) is 34.0. The average molecular weight is 354 g/mol. The number of carbonyl (C=O) groups is 3. The van der Waals surface area contributed by atoms with Gasteiger partial charge in [0.25, 0.3) is 0 Å². The first-order valence-corrected chi connectivity index (χ1v) is 8.35. The molecule has 2 aromatic carbocycles. The Bertz CT molecular complexity index is 785. The Morgan fingerprint density at radius 1 is 0.962 bits per heavy atom. The molecule has 0 aromatic heterocycles. The lowest BCUT2D eigenvalue weighted by Crippen LogP contribution is -2.30. The van der Waals surface area contributed by atoms with Crippen molar-refractivity contribution in [1.29, 1.82) is 0 Å². The summed E-state index contributed by atoms with van der Waals surface area (Å²) in [7, 11) is 0. The van der Waals surface area contributed by atoms with Crippen molar-refractivity contribution in [1.82, 2.24) is 5.32 Å². The fourth-order valence-corrected chi connectivity index (χ4v) is 2.48. The van der Waals surface area contributed by atoms with Crippen molar-refractivity contribution in [3.05, 3.63) is 65.2 Å². The second-order valence-corrected chi connectivity index (χ2v) is 6.08. The molecule has 0 aliphatic carbocycles. The highest BCUT2D eigenvalue weighted by molar-refractivity contribution is 5.91. The number of carboxylic acids is 1. The van der Waals surface area contributed by atoms with Gasteiger partial charge in [0.2, 0.25) is 11.8 Å². The van der Waals surface area contributed by atoms with Gasteiger partial charge in [0.1, 0.15) is 6.54 Å². The third kappa shape index (κ3) is 6.76. The van der Waals surface area contributed by atoms with Gasteiger partial charge in [-0.15, -0.1) is 0 Å². The molecule has 26 heavy (non-hydrogen) atoms. The summed E-state index contributed by atoms with van der Waals surface area (Å²) < 4.78 is 0. The van der Waals surface area contributed by atoms with Crippen LogP contribution in [0.1, 0.15) is 23.1 Å². The van der Waals surface area contributed by atoms with E-state index < -0.39 is 12.5 Å². The number of aliphatic carboxylic acids is 1. The molecule has 0 aliphatic heterocycles. The van der Waals surface area contributed by atoms with Crippen LogP contribution >= 0.6 is 0 Å². The largest absolute Gasteiger partial charge is 0.480 e. The summed E-state index contributed by atoms with van der Waals surface area (Å²) in [6, 6.07) is 15.0. The van der Waals surface area contributed by atoms with Gasteiger partial charge in [-0.05, 0) is 36.6 Å². The Labute approximate surface area is 152 Å². The van der Waals surface area contributed by atoms with Crippen molar-refractivity contribution in [2.24, 2.45) is 0 Å². The van der Waals surface area contributed by atoms with Crippen LogP contribution in [0.3, 0.4) is 0 Å². The van der Waals surface area contributed by atoms with Gasteiger partial charge in [-0.25, -0.2) is 0 Å². The lowest BCUT2D eigenvalue weighted by Gasteiger charge is -2.07. The Morgan fingerprint density at radius 2 is 1.69 bits per heavy atom. The Balaban J connectivity index is 1.79. The molecule has 0 fully saturated rings. The third-order valence-corrected chi connectivity index (χ3v) is 3.76. The first-order chi connectivity index (χ1) is 12.4. The van der Waals surface area contributed by atoms with Gasteiger partial charge in [-0.2, -0.15) is 0 Å². The van der Waals surface area contributed by atoms with Gasteiger partial charge in [0, 0.05) is 12.1 Å². The molecule has 3 N–H and O–H groups in total. The summed E-state index contributed by atoms with van der Waals surface area (Å²) in [5.74, 6) is -1.51. The van der Waals surface area contributed by atoms with Crippen molar-refractivity contribution in [3.63, 3.8) is 0 Å². The molecule has 6 heteroatoms. The minimum atomic E-state index is -1.08. The second-order valence-electron chi connectivity index (χ2n) is 6.08. The van der Waals surface area contributed by atoms with E-state index in [1.54, 1.807) is 24.3 Å². The van der Waals surface area contributed by atoms with E-state index in [1.807, 2.05) is 25.1 Å². The molecule has 136 valence electrons. The smallest absolute Gasteiger partial charge is 0.322 e. The number of aryl methyl sites for hydroxylation is 2. The molecule has 0 heterocycles. The highest BCUT2D eigenvalue weighted by atomic mass is 16.4. The number of benzene rings is 2. The van der Waals surface area contributed by atoms with Gasteiger partial charge in [-0.3, -0.25) is 14.4 Å². The van der Waals surface area contributed by atoms with Crippen LogP contribution in [0.25, 0.3) is 0 Å². The van der Waals surface area contributed by atoms with Crippen LogP contribution < -0.4 is 10.6 Å². The number of nitrogens with one attached hydrogen (secondary N) is 2. The molecule has 0 radical (unpaired) electrons. The van der Waals surface area contributed by atoms with Crippen molar-refractivity contribution in [3.8, 4) is 0 Å². The molecule has 0 unspecified atom stereocenters. The Hall–Kier alpha value is -3.15. The molecule has 0 saturated carbocycles. The summed E-state index contributed by atoms with van der Waals surface area (Å²) in [6.45, 7) is 1.63. The van der Waals surface area contributed by atoms with Crippen LogP contribution in [0.5, 0.6) is 0 Å². The zero-order valence-corrected chi connectivity index (χ0v) is 14.6. The van der Waals surface area contributed by atoms with Crippen molar-refractivity contribution >= 4 is 23.5 Å². The van der Waals surface area contributed by atoms with E-state index in [-0.39, 0.29) is 18.2 Å². The maximum Gasteiger partial charge on any atom is 0.322 e. The van der Waals surface area contributed by atoms with E-state index in [1.165, 1.54) is 5.56 Å². The zero-order chi connectivity index (χ0) is 18.9. The normalized spacial score (nSPS) is 10.2. The lowest BCUT2D eigenvalue weighted by molar-refractivity contribution is -0.137. The minimum absolute atomic E-state index is 0.0709. The van der Waals surface area contributed by atoms with E-state index in [4.69, 9.17) is 5.11 Å². The number of hydrogen-bond donors (Lipinski definition) is 3. The second kappa shape index (κ2) is 9.36. The van der Waals surface area contributed by atoms with E-state index in [9.17, 15) is 14.4 Å². The first-order valence-electron chi connectivity index (χ1n) is 8.35. The molecule has 0 aliphatic rings. The monoisotopic (exact) mass is 354 g/mol. The fraction of sp³-hybridized carbons (Fsp3) is 0.250. The van der Waals surface area contributed by atoms with Gasteiger partial charge in [0.15, 0.2) is 0 Å². The highest BCUT2D eigenvalue weighted by Crippen LogP contribution is 2.12.